The van der Waals surface area contributed by atoms with Crippen molar-refractivity contribution in [3.8, 4) is 5.75 Å². The SMILES string of the molecule is O=C(O)CCN1C2=C(C(=O)CCC2)C(c2cc(Cl)cc(Cl)c2OCc2cccc(Cl)c2)C2=C1CCCC2=O. The molecule has 5 rings (SSSR count). The van der Waals surface area contributed by atoms with Crippen LogP contribution in [0.25, 0.3) is 0 Å². The first-order chi connectivity index (χ1) is 18.2. The van der Waals surface area contributed by atoms with Crippen molar-refractivity contribution >= 4 is 52.3 Å². The van der Waals surface area contributed by atoms with Gasteiger partial charge in [-0.1, -0.05) is 46.9 Å². The van der Waals surface area contributed by atoms with Gasteiger partial charge in [0.15, 0.2) is 11.6 Å². The number of aliphatic carboxylic acids is 1. The van der Waals surface area contributed by atoms with Gasteiger partial charge in [0.2, 0.25) is 0 Å². The highest BCUT2D eigenvalue weighted by atomic mass is 35.5. The standard InChI is InChI=1S/C29H26Cl3NO5/c30-17-5-1-4-16(12-17)15-38-29-19(13-18(31)14-20(29)32)26-27-21(6-2-8-23(27)34)33(11-10-25(36)37)22-7-3-9-24(35)28(22)26/h1,4-5,12-14,26H,2-3,6-11,15H2,(H,36,37). The smallest absolute Gasteiger partial charge is 0.305 e. The molecule has 0 amide bonds. The van der Waals surface area contributed by atoms with E-state index >= 15 is 0 Å². The number of hydrogen-bond acceptors (Lipinski definition) is 5. The molecule has 0 bridgehead atoms. The molecular formula is C29H26Cl3NO5. The Morgan fingerprint density at radius 1 is 0.921 bits per heavy atom. The number of benzene rings is 2. The first-order valence-corrected chi connectivity index (χ1v) is 13.8. The van der Waals surface area contributed by atoms with E-state index in [1.807, 2.05) is 17.0 Å². The van der Waals surface area contributed by atoms with Gasteiger partial charge in [0, 0.05) is 63.5 Å². The van der Waals surface area contributed by atoms with E-state index in [1.54, 1.807) is 24.3 Å². The number of rotatable bonds is 7. The monoisotopic (exact) mass is 573 g/mol. The molecule has 0 saturated carbocycles. The summed E-state index contributed by atoms with van der Waals surface area (Å²) in [6.07, 6.45) is 3.18. The summed E-state index contributed by atoms with van der Waals surface area (Å²) in [7, 11) is 0. The van der Waals surface area contributed by atoms with Crippen LogP contribution in [0.2, 0.25) is 15.1 Å². The Hall–Kier alpha value is -2.80. The first-order valence-electron chi connectivity index (χ1n) is 12.6. The van der Waals surface area contributed by atoms with E-state index in [1.165, 1.54) is 0 Å². The molecule has 3 aliphatic rings. The van der Waals surface area contributed by atoms with E-state index in [-0.39, 0.29) is 36.2 Å². The zero-order valence-electron chi connectivity index (χ0n) is 20.6. The maximum Gasteiger partial charge on any atom is 0.305 e. The van der Waals surface area contributed by atoms with Gasteiger partial charge < -0.3 is 14.7 Å². The van der Waals surface area contributed by atoms with Crippen molar-refractivity contribution in [1.29, 1.82) is 0 Å². The van der Waals surface area contributed by atoms with Gasteiger partial charge >= 0.3 is 5.97 Å². The lowest BCUT2D eigenvalue weighted by Crippen LogP contribution is -2.40. The zero-order chi connectivity index (χ0) is 27.0. The molecule has 0 atom stereocenters. The number of ether oxygens (including phenoxy) is 1. The molecule has 1 heterocycles. The third-order valence-electron chi connectivity index (χ3n) is 7.26. The number of allylic oxidation sites excluding steroid dienone is 4. The third-order valence-corrected chi connectivity index (χ3v) is 7.99. The Balaban J connectivity index is 1.67. The van der Waals surface area contributed by atoms with Crippen molar-refractivity contribution in [3.05, 3.63) is 85.1 Å². The molecule has 198 valence electrons. The molecule has 38 heavy (non-hydrogen) atoms. The van der Waals surface area contributed by atoms with Crippen LogP contribution in [-0.4, -0.2) is 34.1 Å². The molecule has 0 spiro atoms. The number of halogens is 3. The predicted octanol–water partition coefficient (Wildman–Crippen LogP) is 7.11. The van der Waals surface area contributed by atoms with Crippen LogP contribution in [0.1, 0.15) is 62.0 Å². The summed E-state index contributed by atoms with van der Waals surface area (Å²) in [5, 5.41) is 10.6. The maximum absolute atomic E-state index is 13.5. The van der Waals surface area contributed by atoms with Gasteiger partial charge in [0.25, 0.3) is 0 Å². The fraction of sp³-hybridized carbons (Fsp3) is 0.345. The minimum atomic E-state index is -0.931. The quantitative estimate of drug-likeness (QED) is 0.379. The van der Waals surface area contributed by atoms with Crippen LogP contribution in [0.15, 0.2) is 58.9 Å². The van der Waals surface area contributed by atoms with E-state index in [2.05, 4.69) is 0 Å². The van der Waals surface area contributed by atoms with Gasteiger partial charge in [-0.25, -0.2) is 0 Å². The minimum absolute atomic E-state index is 0.0570. The average Bonchev–Trinajstić information content (AvgIpc) is 2.86. The van der Waals surface area contributed by atoms with Crippen molar-refractivity contribution in [2.75, 3.05) is 6.54 Å². The number of carbonyl (C=O) groups is 3. The zero-order valence-corrected chi connectivity index (χ0v) is 22.8. The largest absolute Gasteiger partial charge is 0.487 e. The Morgan fingerprint density at radius 3 is 2.18 bits per heavy atom. The van der Waals surface area contributed by atoms with Crippen LogP contribution in [-0.2, 0) is 21.0 Å². The summed E-state index contributed by atoms with van der Waals surface area (Å²) >= 11 is 19.3. The molecule has 0 saturated heterocycles. The van der Waals surface area contributed by atoms with E-state index in [9.17, 15) is 19.5 Å². The second kappa shape index (κ2) is 11.1. The molecular weight excluding hydrogens is 549 g/mol. The van der Waals surface area contributed by atoms with Crippen LogP contribution in [0, 0.1) is 0 Å². The van der Waals surface area contributed by atoms with Gasteiger partial charge in [-0.3, -0.25) is 14.4 Å². The Kier molecular flexibility index (Phi) is 7.85. The molecule has 2 aromatic rings. The topological polar surface area (TPSA) is 83.9 Å². The fourth-order valence-electron chi connectivity index (χ4n) is 5.73. The maximum atomic E-state index is 13.5. The number of carboxylic acid groups (broad SMARTS) is 1. The molecule has 9 heteroatoms. The second-order valence-corrected chi connectivity index (χ2v) is 11.0. The van der Waals surface area contributed by atoms with E-state index in [0.717, 1.165) is 17.0 Å². The number of hydrogen-bond donors (Lipinski definition) is 1. The molecule has 6 nitrogen and oxygen atoms in total. The predicted molar refractivity (Wildman–Crippen MR) is 146 cm³/mol. The Morgan fingerprint density at radius 2 is 1.58 bits per heavy atom. The Labute approximate surface area is 235 Å². The third kappa shape index (κ3) is 5.22. The van der Waals surface area contributed by atoms with Crippen LogP contribution >= 0.6 is 34.8 Å². The summed E-state index contributed by atoms with van der Waals surface area (Å²) in [5.41, 5.74) is 4.01. The molecule has 1 aliphatic heterocycles. The van der Waals surface area contributed by atoms with E-state index in [4.69, 9.17) is 39.5 Å². The number of carbonyl (C=O) groups excluding carboxylic acids is 2. The van der Waals surface area contributed by atoms with E-state index < -0.39 is 11.9 Å². The fourth-order valence-corrected chi connectivity index (χ4v) is 6.51. The average molecular weight is 575 g/mol. The van der Waals surface area contributed by atoms with Crippen LogP contribution in [0.3, 0.4) is 0 Å². The first kappa shape index (κ1) is 26.8. The van der Waals surface area contributed by atoms with Gasteiger partial charge in [-0.2, -0.15) is 0 Å². The summed E-state index contributed by atoms with van der Waals surface area (Å²) in [5.74, 6) is -1.38. The highest BCUT2D eigenvalue weighted by Gasteiger charge is 2.44. The molecule has 2 aliphatic carbocycles. The van der Waals surface area contributed by atoms with Gasteiger partial charge in [0.1, 0.15) is 12.4 Å². The lowest BCUT2D eigenvalue weighted by atomic mass is 9.70. The van der Waals surface area contributed by atoms with Crippen molar-refractivity contribution < 1.29 is 24.2 Å². The van der Waals surface area contributed by atoms with Crippen molar-refractivity contribution in [1.82, 2.24) is 4.90 Å². The number of Topliss-reactive ketones (excluding diaryl/α,β-unsaturated/α-hetero) is 2. The summed E-state index contributed by atoms with van der Waals surface area (Å²) in [6, 6.07) is 10.6. The van der Waals surface area contributed by atoms with Gasteiger partial charge in [-0.15, -0.1) is 0 Å². The summed E-state index contributed by atoms with van der Waals surface area (Å²) in [6.45, 7) is 0.376. The molecule has 0 radical (unpaired) electrons. The second-order valence-electron chi connectivity index (χ2n) is 9.73. The molecule has 2 aromatic carbocycles. The highest BCUT2D eigenvalue weighted by molar-refractivity contribution is 6.35. The van der Waals surface area contributed by atoms with Gasteiger partial charge in [-0.05, 0) is 55.5 Å². The van der Waals surface area contributed by atoms with Crippen molar-refractivity contribution in [2.24, 2.45) is 0 Å². The van der Waals surface area contributed by atoms with Crippen molar-refractivity contribution in [3.63, 3.8) is 0 Å². The van der Waals surface area contributed by atoms with Crippen molar-refractivity contribution in [2.45, 2.75) is 57.5 Å². The highest BCUT2D eigenvalue weighted by Crippen LogP contribution is 2.52. The summed E-state index contributed by atoms with van der Waals surface area (Å²) < 4.78 is 6.24. The Bertz CT molecular complexity index is 1350. The summed E-state index contributed by atoms with van der Waals surface area (Å²) in [4.78, 5) is 40.4. The number of ketones is 2. The molecule has 1 N–H and O–H groups in total. The van der Waals surface area contributed by atoms with E-state index in [0.29, 0.717) is 71.0 Å². The van der Waals surface area contributed by atoms with Crippen LogP contribution in [0.5, 0.6) is 5.75 Å². The normalized spacial score (nSPS) is 18.0. The van der Waals surface area contributed by atoms with Crippen LogP contribution < -0.4 is 4.74 Å². The number of nitrogens with zero attached hydrogens (tertiary/aromatic N) is 1. The number of carboxylic acids is 1. The lowest BCUT2D eigenvalue weighted by molar-refractivity contribution is -0.137. The molecule has 0 unspecified atom stereocenters. The molecule has 0 fully saturated rings. The molecule has 0 aromatic heterocycles. The van der Waals surface area contributed by atoms with Gasteiger partial charge in [0.05, 0.1) is 11.4 Å². The minimum Gasteiger partial charge on any atom is -0.487 e. The van der Waals surface area contributed by atoms with Crippen LogP contribution in [0.4, 0.5) is 0 Å². The lowest BCUT2D eigenvalue weighted by Gasteiger charge is -2.44.